The lowest BCUT2D eigenvalue weighted by Gasteiger charge is -2.28. The van der Waals surface area contributed by atoms with E-state index in [0.717, 1.165) is 22.5 Å². The Morgan fingerprint density at radius 1 is 0.941 bits per heavy atom. The zero-order valence-corrected chi connectivity index (χ0v) is 19.6. The van der Waals surface area contributed by atoms with E-state index >= 15 is 0 Å². The molecule has 1 aliphatic heterocycles. The number of hydrogen-bond acceptors (Lipinski definition) is 3. The number of amides is 1. The van der Waals surface area contributed by atoms with E-state index < -0.39 is 0 Å². The lowest BCUT2D eigenvalue weighted by Crippen LogP contribution is -2.35. The van der Waals surface area contributed by atoms with Crippen LogP contribution in [0.15, 0.2) is 78.9 Å². The molecule has 6 rings (SSSR count). The van der Waals surface area contributed by atoms with Gasteiger partial charge in [0.2, 0.25) is 0 Å². The molecule has 0 aliphatic carbocycles. The van der Waals surface area contributed by atoms with Gasteiger partial charge in [0.25, 0.3) is 5.91 Å². The van der Waals surface area contributed by atoms with Crippen LogP contribution in [0.4, 0.5) is 4.39 Å². The SMILES string of the molecule is O=C(c1sc2c(c(-c3ccc(F)cc3)nn2-c2ccccc2)c1Cl)N1CCc2ccccc2C1. The zero-order valence-electron chi connectivity index (χ0n) is 18.0. The summed E-state index contributed by atoms with van der Waals surface area (Å²) in [5, 5.41) is 5.92. The van der Waals surface area contributed by atoms with E-state index in [2.05, 4.69) is 12.1 Å². The standard InChI is InChI=1S/C27H19ClFN3OS/c28-23-22-24(18-10-12-20(29)13-11-18)30-32(21-8-2-1-3-9-21)27(22)34-25(23)26(33)31-15-14-17-6-4-5-7-19(17)16-31/h1-13H,14-16H2. The molecule has 0 N–H and O–H groups in total. The predicted octanol–water partition coefficient (Wildman–Crippen LogP) is 6.75. The molecule has 168 valence electrons. The number of rotatable bonds is 3. The number of fused-ring (bicyclic) bond motifs is 2. The largest absolute Gasteiger partial charge is 0.333 e. The molecule has 5 aromatic rings. The van der Waals surface area contributed by atoms with Crippen LogP contribution in [0.5, 0.6) is 0 Å². The molecular formula is C27H19ClFN3OS. The van der Waals surface area contributed by atoms with Gasteiger partial charge in [-0.05, 0) is 53.9 Å². The van der Waals surface area contributed by atoms with Crippen molar-refractivity contribution in [1.82, 2.24) is 14.7 Å². The van der Waals surface area contributed by atoms with Gasteiger partial charge in [-0.1, -0.05) is 54.1 Å². The van der Waals surface area contributed by atoms with Crippen LogP contribution in [-0.4, -0.2) is 27.1 Å². The van der Waals surface area contributed by atoms with Crippen molar-refractivity contribution in [1.29, 1.82) is 0 Å². The highest BCUT2D eigenvalue weighted by Gasteiger charge is 2.29. The first-order valence-electron chi connectivity index (χ1n) is 11.0. The summed E-state index contributed by atoms with van der Waals surface area (Å²) in [6, 6.07) is 24.1. The third-order valence-electron chi connectivity index (χ3n) is 6.19. The first-order chi connectivity index (χ1) is 16.6. The molecule has 3 heterocycles. The van der Waals surface area contributed by atoms with Gasteiger partial charge in [0.1, 0.15) is 21.2 Å². The molecule has 0 bridgehead atoms. The summed E-state index contributed by atoms with van der Waals surface area (Å²) in [5.41, 5.74) is 4.69. The monoisotopic (exact) mass is 487 g/mol. The molecule has 4 nitrogen and oxygen atoms in total. The van der Waals surface area contributed by atoms with E-state index in [1.807, 2.05) is 52.0 Å². The third kappa shape index (κ3) is 3.50. The molecule has 0 radical (unpaired) electrons. The first-order valence-corrected chi connectivity index (χ1v) is 12.2. The maximum Gasteiger partial charge on any atom is 0.265 e. The fourth-order valence-corrected chi connectivity index (χ4v) is 6.02. The van der Waals surface area contributed by atoms with Crippen LogP contribution in [0.3, 0.4) is 0 Å². The lowest BCUT2D eigenvalue weighted by molar-refractivity contribution is 0.0740. The molecule has 1 aliphatic rings. The molecule has 1 amide bonds. The summed E-state index contributed by atoms with van der Waals surface area (Å²) in [6.07, 6.45) is 0.822. The summed E-state index contributed by atoms with van der Waals surface area (Å²) >= 11 is 8.24. The molecule has 0 unspecified atom stereocenters. The van der Waals surface area contributed by atoms with Crippen molar-refractivity contribution < 1.29 is 9.18 Å². The second-order valence-electron chi connectivity index (χ2n) is 8.27. The summed E-state index contributed by atoms with van der Waals surface area (Å²) in [4.78, 5) is 16.8. The molecule has 0 spiro atoms. The van der Waals surface area contributed by atoms with E-state index in [0.29, 0.717) is 34.1 Å². The van der Waals surface area contributed by atoms with Crippen LogP contribution >= 0.6 is 22.9 Å². The number of hydrogen-bond donors (Lipinski definition) is 0. The molecule has 0 saturated heterocycles. The zero-order chi connectivity index (χ0) is 23.2. The molecule has 2 aromatic heterocycles. The van der Waals surface area contributed by atoms with E-state index in [9.17, 15) is 9.18 Å². The minimum Gasteiger partial charge on any atom is -0.333 e. The highest BCUT2D eigenvalue weighted by atomic mass is 35.5. The number of nitrogens with zero attached hydrogens (tertiary/aromatic N) is 3. The Bertz CT molecular complexity index is 1530. The van der Waals surface area contributed by atoms with Crippen LogP contribution < -0.4 is 0 Å². The molecule has 0 fully saturated rings. The smallest absolute Gasteiger partial charge is 0.265 e. The Labute approximate surface area is 204 Å². The summed E-state index contributed by atoms with van der Waals surface area (Å²) in [7, 11) is 0. The second kappa shape index (κ2) is 8.38. The van der Waals surface area contributed by atoms with Gasteiger partial charge in [-0.15, -0.1) is 11.3 Å². The normalized spacial score (nSPS) is 13.3. The maximum absolute atomic E-state index is 13.6. The van der Waals surface area contributed by atoms with Crippen molar-refractivity contribution in [2.24, 2.45) is 0 Å². The van der Waals surface area contributed by atoms with Gasteiger partial charge in [-0.25, -0.2) is 9.07 Å². The van der Waals surface area contributed by atoms with Crippen molar-refractivity contribution in [3.63, 3.8) is 0 Å². The Balaban J connectivity index is 1.48. The molecule has 3 aromatic carbocycles. The first kappa shape index (κ1) is 21.1. The molecule has 0 saturated carbocycles. The highest BCUT2D eigenvalue weighted by Crippen LogP contribution is 2.43. The van der Waals surface area contributed by atoms with Gasteiger partial charge in [-0.2, -0.15) is 5.10 Å². The number of carbonyl (C=O) groups excluding carboxylic acids is 1. The average Bonchev–Trinajstić information content (AvgIpc) is 3.42. The van der Waals surface area contributed by atoms with Gasteiger partial charge in [-0.3, -0.25) is 4.79 Å². The van der Waals surface area contributed by atoms with Crippen molar-refractivity contribution in [3.8, 4) is 16.9 Å². The molecule has 0 atom stereocenters. The Hall–Kier alpha value is -3.48. The van der Waals surface area contributed by atoms with Crippen LogP contribution in [-0.2, 0) is 13.0 Å². The fraction of sp³-hybridized carbons (Fsp3) is 0.111. The minimum absolute atomic E-state index is 0.0784. The number of aromatic nitrogens is 2. The maximum atomic E-state index is 13.6. The Morgan fingerprint density at radius 2 is 1.65 bits per heavy atom. The van der Waals surface area contributed by atoms with Crippen LogP contribution in [0.25, 0.3) is 27.2 Å². The molecule has 7 heteroatoms. The van der Waals surface area contributed by atoms with Gasteiger partial charge < -0.3 is 4.90 Å². The summed E-state index contributed by atoms with van der Waals surface area (Å²) in [6.45, 7) is 1.21. The van der Waals surface area contributed by atoms with E-state index in [4.69, 9.17) is 16.7 Å². The second-order valence-corrected chi connectivity index (χ2v) is 9.65. The number of para-hydroxylation sites is 1. The quantitative estimate of drug-likeness (QED) is 0.282. The van der Waals surface area contributed by atoms with Crippen LogP contribution in [0.2, 0.25) is 5.02 Å². The summed E-state index contributed by atoms with van der Waals surface area (Å²) in [5.74, 6) is -0.398. The summed E-state index contributed by atoms with van der Waals surface area (Å²) < 4.78 is 15.4. The highest BCUT2D eigenvalue weighted by molar-refractivity contribution is 7.21. The lowest BCUT2D eigenvalue weighted by atomic mass is 10.00. The topological polar surface area (TPSA) is 38.1 Å². The van der Waals surface area contributed by atoms with Crippen molar-refractivity contribution in [2.75, 3.05) is 6.54 Å². The van der Waals surface area contributed by atoms with Gasteiger partial charge in [0.15, 0.2) is 0 Å². The van der Waals surface area contributed by atoms with Crippen molar-refractivity contribution >= 4 is 39.1 Å². The van der Waals surface area contributed by atoms with Gasteiger partial charge in [0.05, 0.1) is 16.1 Å². The number of benzene rings is 3. The average molecular weight is 488 g/mol. The third-order valence-corrected chi connectivity index (χ3v) is 7.83. The molecule has 34 heavy (non-hydrogen) atoms. The van der Waals surface area contributed by atoms with Crippen LogP contribution in [0, 0.1) is 5.82 Å². The van der Waals surface area contributed by atoms with E-state index in [1.54, 1.807) is 12.1 Å². The van der Waals surface area contributed by atoms with E-state index in [1.165, 1.54) is 34.6 Å². The van der Waals surface area contributed by atoms with Gasteiger partial charge >= 0.3 is 0 Å². The fourth-order valence-electron chi connectivity index (χ4n) is 4.45. The van der Waals surface area contributed by atoms with Gasteiger partial charge in [0, 0.05) is 18.7 Å². The Morgan fingerprint density at radius 3 is 2.41 bits per heavy atom. The number of carbonyl (C=O) groups is 1. The number of halogens is 2. The minimum atomic E-state index is -0.319. The van der Waals surface area contributed by atoms with Crippen LogP contribution in [0.1, 0.15) is 20.8 Å². The number of thiophene rings is 1. The van der Waals surface area contributed by atoms with Crippen molar-refractivity contribution in [3.05, 3.63) is 106 Å². The van der Waals surface area contributed by atoms with E-state index in [-0.39, 0.29) is 11.7 Å². The molecular weight excluding hydrogens is 469 g/mol. The van der Waals surface area contributed by atoms with Crippen molar-refractivity contribution in [2.45, 2.75) is 13.0 Å². The Kier molecular flexibility index (Phi) is 5.20. The predicted molar refractivity (Wildman–Crippen MR) is 134 cm³/mol.